The van der Waals surface area contributed by atoms with Gasteiger partial charge in [-0.05, 0) is 31.0 Å². The highest BCUT2D eigenvalue weighted by Crippen LogP contribution is 2.39. The number of nitrogens with two attached hydrogens (primary N) is 2. The summed E-state index contributed by atoms with van der Waals surface area (Å²) in [5, 5.41) is 20.6. The van der Waals surface area contributed by atoms with Crippen molar-refractivity contribution in [1.29, 1.82) is 0 Å². The molecule has 2 aromatic heterocycles. The molecule has 1 aliphatic heterocycles. The molecule has 1 amide bonds. The molecule has 1 atom stereocenters. The van der Waals surface area contributed by atoms with Gasteiger partial charge in [0.05, 0.1) is 30.0 Å². The molecule has 0 radical (unpaired) electrons. The highest BCUT2D eigenvalue weighted by molar-refractivity contribution is 7.99. The molecule has 7 N–H and O–H groups in total. The molecule has 35 heavy (non-hydrogen) atoms. The van der Waals surface area contributed by atoms with Gasteiger partial charge in [0, 0.05) is 16.9 Å². The van der Waals surface area contributed by atoms with Gasteiger partial charge in [0.1, 0.15) is 6.04 Å². The van der Waals surface area contributed by atoms with E-state index in [1.807, 2.05) is 0 Å². The first-order valence-corrected chi connectivity index (χ1v) is 11.5. The van der Waals surface area contributed by atoms with Crippen molar-refractivity contribution >= 4 is 58.2 Å². The van der Waals surface area contributed by atoms with E-state index in [1.54, 1.807) is 24.4 Å². The van der Waals surface area contributed by atoms with E-state index >= 15 is 0 Å². The van der Waals surface area contributed by atoms with E-state index < -0.39 is 23.9 Å². The summed E-state index contributed by atoms with van der Waals surface area (Å²) in [6.07, 6.45) is 1.59. The van der Waals surface area contributed by atoms with E-state index in [9.17, 15) is 19.5 Å². The zero-order valence-electron chi connectivity index (χ0n) is 18.3. The fourth-order valence-corrected chi connectivity index (χ4v) is 4.67. The average molecular weight is 499 g/mol. The van der Waals surface area contributed by atoms with Crippen molar-refractivity contribution in [3.05, 3.63) is 35.7 Å². The average Bonchev–Trinajstić information content (AvgIpc) is 3.20. The number of carbonyl (C=O) groups is 3. The third-order valence-corrected chi connectivity index (χ3v) is 6.36. The standard InChI is InChI=1S/C21H22N8O5S/c22-17-16-18(28-21(23)27-17)24-7-11(25-16)8-29-9-35-14-6-10(4-5-13(14)29)19(32)26-12(20(33)34)2-1-3-15(30)31/h4-7,12H,1-3,8-9H2,(H,26,32)(H,30,31)(H,33,34)(H4,22,23,24,27,28). The molecule has 1 aromatic carbocycles. The Bertz CT molecular complexity index is 1320. The summed E-state index contributed by atoms with van der Waals surface area (Å²) in [7, 11) is 0. The van der Waals surface area contributed by atoms with Crippen molar-refractivity contribution in [1.82, 2.24) is 25.3 Å². The number of anilines is 3. The predicted octanol–water partition coefficient (Wildman–Crippen LogP) is 1.09. The summed E-state index contributed by atoms with van der Waals surface area (Å²) in [6, 6.07) is 3.94. The lowest BCUT2D eigenvalue weighted by molar-refractivity contribution is -0.140. The lowest BCUT2D eigenvalue weighted by Gasteiger charge is -2.18. The summed E-state index contributed by atoms with van der Waals surface area (Å²) in [5.74, 6) is -1.98. The van der Waals surface area contributed by atoms with Gasteiger partial charge >= 0.3 is 11.9 Å². The van der Waals surface area contributed by atoms with Crippen molar-refractivity contribution in [3.63, 3.8) is 0 Å². The molecule has 3 heterocycles. The van der Waals surface area contributed by atoms with Crippen LogP contribution in [0.5, 0.6) is 0 Å². The summed E-state index contributed by atoms with van der Waals surface area (Å²) < 4.78 is 0. The zero-order chi connectivity index (χ0) is 25.1. The van der Waals surface area contributed by atoms with Gasteiger partial charge in [0.2, 0.25) is 5.95 Å². The molecular formula is C21H22N8O5S. The summed E-state index contributed by atoms with van der Waals surface area (Å²) in [5.41, 5.74) is 14.0. The first-order valence-electron chi connectivity index (χ1n) is 10.5. The van der Waals surface area contributed by atoms with Crippen LogP contribution in [0.4, 0.5) is 17.5 Å². The normalized spacial score (nSPS) is 13.4. The molecule has 0 saturated carbocycles. The van der Waals surface area contributed by atoms with Gasteiger partial charge in [0.15, 0.2) is 17.0 Å². The number of benzene rings is 1. The summed E-state index contributed by atoms with van der Waals surface area (Å²) in [4.78, 5) is 54.4. The smallest absolute Gasteiger partial charge is 0.326 e. The minimum atomic E-state index is -1.21. The Morgan fingerprint density at radius 2 is 1.97 bits per heavy atom. The van der Waals surface area contributed by atoms with Gasteiger partial charge in [-0.2, -0.15) is 9.97 Å². The van der Waals surface area contributed by atoms with Crippen LogP contribution in [0, 0.1) is 0 Å². The van der Waals surface area contributed by atoms with Gasteiger partial charge < -0.3 is 31.9 Å². The number of nitrogen functional groups attached to an aromatic ring is 2. The number of aromatic nitrogens is 4. The molecule has 1 unspecified atom stereocenters. The van der Waals surface area contributed by atoms with E-state index in [1.165, 1.54) is 11.8 Å². The number of carbonyl (C=O) groups excluding carboxylic acids is 1. The lowest BCUT2D eigenvalue weighted by Crippen LogP contribution is -2.40. The summed E-state index contributed by atoms with van der Waals surface area (Å²) in [6.45, 7) is 0.433. The molecule has 1 aliphatic rings. The predicted molar refractivity (Wildman–Crippen MR) is 128 cm³/mol. The minimum absolute atomic E-state index is 0.0236. The van der Waals surface area contributed by atoms with Gasteiger partial charge in [-0.15, -0.1) is 11.8 Å². The van der Waals surface area contributed by atoms with Gasteiger partial charge in [-0.3, -0.25) is 9.59 Å². The highest BCUT2D eigenvalue weighted by Gasteiger charge is 2.25. The molecule has 14 heteroatoms. The second-order valence-corrected chi connectivity index (χ2v) is 8.79. The molecule has 0 fully saturated rings. The molecule has 13 nitrogen and oxygen atoms in total. The molecular weight excluding hydrogens is 476 g/mol. The first kappa shape index (κ1) is 23.9. The van der Waals surface area contributed by atoms with Crippen molar-refractivity contribution in [2.75, 3.05) is 22.2 Å². The van der Waals surface area contributed by atoms with Crippen LogP contribution in [0.1, 0.15) is 35.3 Å². The van der Waals surface area contributed by atoms with Crippen LogP contribution in [0.2, 0.25) is 0 Å². The van der Waals surface area contributed by atoms with Gasteiger partial charge in [-0.1, -0.05) is 0 Å². The number of thioether (sulfide) groups is 1. The van der Waals surface area contributed by atoms with Crippen LogP contribution in [0.25, 0.3) is 11.2 Å². The number of amides is 1. The Balaban J connectivity index is 1.45. The maximum Gasteiger partial charge on any atom is 0.326 e. The van der Waals surface area contributed by atoms with E-state index in [-0.39, 0.29) is 31.0 Å². The van der Waals surface area contributed by atoms with Gasteiger partial charge in [-0.25, -0.2) is 14.8 Å². The van der Waals surface area contributed by atoms with Crippen LogP contribution in [0.3, 0.4) is 0 Å². The van der Waals surface area contributed by atoms with E-state index in [0.29, 0.717) is 34.8 Å². The third-order valence-electron chi connectivity index (χ3n) is 5.28. The Labute approximate surface area is 203 Å². The topological polar surface area (TPSA) is 211 Å². The molecule has 0 spiro atoms. The molecule has 182 valence electrons. The number of carboxylic acids is 2. The zero-order valence-corrected chi connectivity index (χ0v) is 19.2. The van der Waals surface area contributed by atoms with E-state index in [4.69, 9.17) is 16.6 Å². The maximum absolute atomic E-state index is 12.6. The van der Waals surface area contributed by atoms with Crippen molar-refractivity contribution in [2.45, 2.75) is 36.7 Å². The Hall–Kier alpha value is -4.20. The van der Waals surface area contributed by atoms with Gasteiger partial charge in [0.25, 0.3) is 5.91 Å². The largest absolute Gasteiger partial charge is 0.481 e. The van der Waals surface area contributed by atoms with Crippen LogP contribution in [-0.4, -0.2) is 59.9 Å². The number of carboxylic acid groups (broad SMARTS) is 2. The fraction of sp³-hybridized carbons (Fsp3) is 0.286. The lowest BCUT2D eigenvalue weighted by atomic mass is 10.1. The first-order chi connectivity index (χ1) is 16.7. The Morgan fingerprint density at radius 1 is 1.17 bits per heavy atom. The SMILES string of the molecule is Nc1nc(N)c2nc(CN3CSc4cc(C(=O)NC(CCCC(=O)O)C(=O)O)ccc43)cnc2n1. The van der Waals surface area contributed by atoms with Crippen molar-refractivity contribution in [2.24, 2.45) is 0 Å². The third kappa shape index (κ3) is 5.48. The number of hydrogen-bond acceptors (Lipinski definition) is 11. The van der Waals surface area contributed by atoms with E-state index in [2.05, 4.69) is 30.2 Å². The monoisotopic (exact) mass is 498 g/mol. The van der Waals surface area contributed by atoms with Crippen molar-refractivity contribution in [3.8, 4) is 0 Å². The second kappa shape index (κ2) is 9.97. The van der Waals surface area contributed by atoms with Crippen LogP contribution in [-0.2, 0) is 16.1 Å². The second-order valence-electron chi connectivity index (χ2n) is 7.80. The number of rotatable bonds is 9. The number of fused-ring (bicyclic) bond motifs is 2. The number of nitrogens with one attached hydrogen (secondary N) is 1. The van der Waals surface area contributed by atoms with E-state index in [0.717, 1.165) is 10.6 Å². The maximum atomic E-state index is 12.6. The van der Waals surface area contributed by atoms with Crippen molar-refractivity contribution < 1.29 is 24.6 Å². The molecule has 0 bridgehead atoms. The molecule has 4 rings (SSSR count). The quantitative estimate of drug-likeness (QED) is 0.280. The highest BCUT2D eigenvalue weighted by atomic mass is 32.2. The van der Waals surface area contributed by atoms with Crippen LogP contribution in [0.15, 0.2) is 29.3 Å². The fourth-order valence-electron chi connectivity index (χ4n) is 3.59. The minimum Gasteiger partial charge on any atom is -0.481 e. The number of nitrogens with zero attached hydrogens (tertiary/aromatic N) is 5. The number of aliphatic carboxylic acids is 2. The number of hydrogen-bond donors (Lipinski definition) is 5. The Morgan fingerprint density at radius 3 is 2.71 bits per heavy atom. The molecule has 0 saturated heterocycles. The van der Waals surface area contributed by atoms with Crippen LogP contribution < -0.4 is 21.7 Å². The molecule has 0 aliphatic carbocycles. The molecule has 3 aromatic rings. The Kier molecular flexibility index (Phi) is 6.82. The van der Waals surface area contributed by atoms with Crippen LogP contribution >= 0.6 is 11.8 Å². The summed E-state index contributed by atoms with van der Waals surface area (Å²) >= 11 is 1.53.